The number of sulfonamides is 1. The van der Waals surface area contributed by atoms with E-state index < -0.39 is 26.6 Å². The third-order valence-electron chi connectivity index (χ3n) is 4.43. The van der Waals surface area contributed by atoms with Crippen molar-refractivity contribution in [1.82, 2.24) is 4.83 Å². The van der Waals surface area contributed by atoms with Crippen LogP contribution in [-0.2, 0) is 10.0 Å². The number of rotatable bonds is 8. The van der Waals surface area contributed by atoms with Gasteiger partial charge >= 0.3 is 11.7 Å². The highest BCUT2D eigenvalue weighted by Gasteiger charge is 2.20. The zero-order valence-corrected chi connectivity index (χ0v) is 18.4. The summed E-state index contributed by atoms with van der Waals surface area (Å²) in [7, 11) is -2.41. The second-order valence-corrected chi connectivity index (χ2v) is 8.43. The topological polar surface area (TPSA) is 137 Å². The maximum atomic E-state index is 12.3. The average molecular weight is 469 g/mol. The zero-order chi connectivity index (χ0) is 24.0. The Labute approximate surface area is 189 Å². The van der Waals surface area contributed by atoms with Crippen LogP contribution in [0.25, 0.3) is 0 Å². The molecule has 10 nitrogen and oxygen atoms in total. The van der Waals surface area contributed by atoms with E-state index in [1.54, 1.807) is 24.3 Å². The summed E-state index contributed by atoms with van der Waals surface area (Å²) in [4.78, 5) is 25.1. The molecule has 1 N–H and O–H groups in total. The number of nitrogens with one attached hydrogen (secondary N) is 1. The normalized spacial score (nSPS) is 11.2. The number of carbonyl (C=O) groups excluding carboxylic acids is 1. The van der Waals surface area contributed by atoms with Crippen molar-refractivity contribution in [3.63, 3.8) is 0 Å². The molecule has 3 aromatic rings. The number of ether oxygens (including phenoxy) is 2. The van der Waals surface area contributed by atoms with E-state index in [1.807, 2.05) is 11.8 Å². The van der Waals surface area contributed by atoms with E-state index in [0.29, 0.717) is 5.75 Å². The molecule has 170 valence electrons. The van der Waals surface area contributed by atoms with Gasteiger partial charge in [0.05, 0.1) is 28.7 Å². The standard InChI is InChI=1S/C22H19N3O7S/c1-15-3-10-19(11-4-15)33(29,30)24-23-14-16-5-12-21(20(13-16)25(27)28)32-22(26)17-6-8-18(31-2)9-7-17/h3-14,24H,1-2H3/b23-14+. The van der Waals surface area contributed by atoms with E-state index in [9.17, 15) is 23.3 Å². The van der Waals surface area contributed by atoms with Gasteiger partial charge in [0.15, 0.2) is 0 Å². The number of nitro groups is 1. The van der Waals surface area contributed by atoms with Gasteiger partial charge in [0, 0.05) is 11.6 Å². The number of hydrogen-bond donors (Lipinski definition) is 1. The Kier molecular flexibility index (Phi) is 7.04. The van der Waals surface area contributed by atoms with Crippen LogP contribution >= 0.6 is 0 Å². The summed E-state index contributed by atoms with van der Waals surface area (Å²) in [5, 5.41) is 15.1. The third-order valence-corrected chi connectivity index (χ3v) is 5.66. The highest BCUT2D eigenvalue weighted by atomic mass is 32.2. The fourth-order valence-corrected chi connectivity index (χ4v) is 3.46. The van der Waals surface area contributed by atoms with Crippen LogP contribution in [0.3, 0.4) is 0 Å². The van der Waals surface area contributed by atoms with E-state index in [1.165, 1.54) is 43.5 Å². The first-order valence-electron chi connectivity index (χ1n) is 9.46. The highest BCUT2D eigenvalue weighted by Crippen LogP contribution is 2.28. The Balaban J connectivity index is 1.75. The summed E-state index contributed by atoms with van der Waals surface area (Å²) < 4.78 is 34.7. The van der Waals surface area contributed by atoms with Crippen LogP contribution in [0, 0.1) is 17.0 Å². The van der Waals surface area contributed by atoms with Crippen LogP contribution in [0.4, 0.5) is 5.69 Å². The van der Waals surface area contributed by atoms with Gasteiger partial charge in [0.25, 0.3) is 10.0 Å². The van der Waals surface area contributed by atoms with E-state index >= 15 is 0 Å². The lowest BCUT2D eigenvalue weighted by Crippen LogP contribution is -2.18. The molecule has 0 aromatic heterocycles. The summed E-state index contributed by atoms with van der Waals surface area (Å²) in [6.07, 6.45) is 1.10. The van der Waals surface area contributed by atoms with Crippen LogP contribution in [-0.4, -0.2) is 32.6 Å². The second-order valence-electron chi connectivity index (χ2n) is 6.77. The second kappa shape index (κ2) is 9.92. The Morgan fingerprint density at radius 1 is 1.06 bits per heavy atom. The quantitative estimate of drug-likeness (QED) is 0.175. The lowest BCUT2D eigenvalue weighted by molar-refractivity contribution is -0.385. The predicted molar refractivity (Wildman–Crippen MR) is 120 cm³/mol. The molecule has 33 heavy (non-hydrogen) atoms. The number of carbonyl (C=O) groups is 1. The Morgan fingerprint density at radius 2 is 1.73 bits per heavy atom. The van der Waals surface area contributed by atoms with Crippen LogP contribution in [0.15, 0.2) is 76.7 Å². The molecule has 0 heterocycles. The lowest BCUT2D eigenvalue weighted by Gasteiger charge is -2.07. The van der Waals surface area contributed by atoms with Gasteiger partial charge < -0.3 is 9.47 Å². The first-order valence-corrected chi connectivity index (χ1v) is 10.9. The molecule has 0 bridgehead atoms. The Bertz CT molecular complexity index is 1300. The fourth-order valence-electron chi connectivity index (χ4n) is 2.67. The van der Waals surface area contributed by atoms with Gasteiger partial charge in [-0.25, -0.2) is 9.63 Å². The Hall–Kier alpha value is -4.25. The van der Waals surface area contributed by atoms with Crippen LogP contribution in [0.5, 0.6) is 11.5 Å². The van der Waals surface area contributed by atoms with Gasteiger partial charge in [0.2, 0.25) is 5.75 Å². The number of esters is 1. The van der Waals surface area contributed by atoms with Gasteiger partial charge in [-0.15, -0.1) is 0 Å². The molecule has 0 radical (unpaired) electrons. The summed E-state index contributed by atoms with van der Waals surface area (Å²) in [6, 6.07) is 15.9. The van der Waals surface area contributed by atoms with Crippen molar-refractivity contribution in [3.05, 3.63) is 93.5 Å². The summed E-state index contributed by atoms with van der Waals surface area (Å²) in [5.41, 5.74) is 0.818. The van der Waals surface area contributed by atoms with Crippen LogP contribution < -0.4 is 14.3 Å². The number of hydrogen-bond acceptors (Lipinski definition) is 8. The molecule has 0 aliphatic rings. The highest BCUT2D eigenvalue weighted by molar-refractivity contribution is 7.89. The van der Waals surface area contributed by atoms with Crippen molar-refractivity contribution < 1.29 is 27.6 Å². The van der Waals surface area contributed by atoms with Crippen LogP contribution in [0.1, 0.15) is 21.5 Å². The maximum Gasteiger partial charge on any atom is 0.343 e. The number of aryl methyl sites for hydroxylation is 1. The minimum absolute atomic E-state index is 0.0250. The predicted octanol–water partition coefficient (Wildman–Crippen LogP) is 3.44. The van der Waals surface area contributed by atoms with Gasteiger partial charge in [-0.05, 0) is 55.5 Å². The van der Waals surface area contributed by atoms with Crippen molar-refractivity contribution in [3.8, 4) is 11.5 Å². The van der Waals surface area contributed by atoms with Crippen LogP contribution in [0.2, 0.25) is 0 Å². The Morgan fingerprint density at radius 3 is 2.33 bits per heavy atom. The van der Waals surface area contributed by atoms with Gasteiger partial charge in [-0.3, -0.25) is 10.1 Å². The summed E-state index contributed by atoms with van der Waals surface area (Å²) in [6.45, 7) is 1.83. The molecule has 0 spiro atoms. The van der Waals surface area contributed by atoms with E-state index in [4.69, 9.17) is 9.47 Å². The monoisotopic (exact) mass is 469 g/mol. The van der Waals surface area contributed by atoms with Crippen molar-refractivity contribution >= 4 is 27.9 Å². The minimum Gasteiger partial charge on any atom is -0.497 e. The number of benzene rings is 3. The lowest BCUT2D eigenvalue weighted by atomic mass is 10.2. The molecule has 0 aliphatic carbocycles. The largest absolute Gasteiger partial charge is 0.497 e. The molecule has 11 heteroatoms. The summed E-state index contributed by atoms with van der Waals surface area (Å²) in [5.74, 6) is -0.509. The first-order chi connectivity index (χ1) is 15.7. The van der Waals surface area contributed by atoms with Gasteiger partial charge in [-0.1, -0.05) is 17.7 Å². The van der Waals surface area contributed by atoms with Crippen molar-refractivity contribution in [2.24, 2.45) is 5.10 Å². The smallest absolute Gasteiger partial charge is 0.343 e. The molecule has 0 amide bonds. The molecule has 3 aromatic carbocycles. The maximum absolute atomic E-state index is 12.3. The number of nitrogens with zero attached hydrogens (tertiary/aromatic N) is 2. The zero-order valence-electron chi connectivity index (χ0n) is 17.6. The van der Waals surface area contributed by atoms with Gasteiger partial charge in [0.1, 0.15) is 5.75 Å². The molecule has 0 saturated heterocycles. The molecule has 0 atom stereocenters. The van der Waals surface area contributed by atoms with Crippen molar-refractivity contribution in [2.45, 2.75) is 11.8 Å². The molecule has 0 saturated carbocycles. The molecule has 0 unspecified atom stereocenters. The van der Waals surface area contributed by atoms with Crippen molar-refractivity contribution in [1.29, 1.82) is 0 Å². The number of nitro benzene ring substituents is 1. The van der Waals surface area contributed by atoms with E-state index in [-0.39, 0.29) is 21.8 Å². The minimum atomic E-state index is -3.89. The SMILES string of the molecule is COc1ccc(C(=O)Oc2ccc(/C=N/NS(=O)(=O)c3ccc(C)cc3)cc2[N+](=O)[O-])cc1. The molecule has 0 aliphatic heterocycles. The average Bonchev–Trinajstić information content (AvgIpc) is 2.80. The fraction of sp³-hybridized carbons (Fsp3) is 0.0909. The first kappa shape index (κ1) is 23.4. The van der Waals surface area contributed by atoms with E-state index in [0.717, 1.165) is 17.8 Å². The number of methoxy groups -OCH3 is 1. The molecule has 3 rings (SSSR count). The molecule has 0 fully saturated rings. The van der Waals surface area contributed by atoms with Gasteiger partial charge in [-0.2, -0.15) is 13.5 Å². The molecular weight excluding hydrogens is 450 g/mol. The number of hydrazone groups is 1. The van der Waals surface area contributed by atoms with Crippen molar-refractivity contribution in [2.75, 3.05) is 7.11 Å². The van der Waals surface area contributed by atoms with E-state index in [2.05, 4.69) is 5.10 Å². The summed E-state index contributed by atoms with van der Waals surface area (Å²) >= 11 is 0. The molecular formula is C22H19N3O7S. The third kappa shape index (κ3) is 5.92.